The van der Waals surface area contributed by atoms with Crippen LogP contribution in [0.2, 0.25) is 0 Å². The summed E-state index contributed by atoms with van der Waals surface area (Å²) in [7, 11) is 0. The van der Waals surface area contributed by atoms with Crippen LogP contribution in [-0.2, 0) is 6.54 Å². The Morgan fingerprint density at radius 2 is 2.24 bits per heavy atom. The van der Waals surface area contributed by atoms with Crippen LogP contribution in [0.4, 0.5) is 5.13 Å². The second-order valence-electron chi connectivity index (χ2n) is 5.59. The van der Waals surface area contributed by atoms with Crippen LogP contribution in [0.25, 0.3) is 11.3 Å². The molecule has 0 fully saturated rings. The summed E-state index contributed by atoms with van der Waals surface area (Å²) < 4.78 is 1.78. The second kappa shape index (κ2) is 7.41. The van der Waals surface area contributed by atoms with Crippen molar-refractivity contribution in [1.29, 1.82) is 0 Å². The average molecular weight is 305 g/mol. The molecule has 114 valence electrons. The molecule has 0 aliphatic heterocycles. The summed E-state index contributed by atoms with van der Waals surface area (Å²) in [6.07, 6.45) is 3.95. The van der Waals surface area contributed by atoms with Crippen LogP contribution in [0.15, 0.2) is 28.5 Å². The van der Waals surface area contributed by atoms with Crippen LogP contribution in [0.3, 0.4) is 0 Å². The summed E-state index contributed by atoms with van der Waals surface area (Å²) in [4.78, 5) is 17.0. The number of unbranched alkanes of at least 4 members (excludes halogenated alkanes) is 1. The van der Waals surface area contributed by atoms with Gasteiger partial charge in [0.25, 0.3) is 5.56 Å². The number of hydrogen-bond acceptors (Lipinski definition) is 4. The number of nitrogens with one attached hydrogen (secondary N) is 1. The summed E-state index contributed by atoms with van der Waals surface area (Å²) in [5, 5.41) is 6.13. The first-order valence-electron chi connectivity index (χ1n) is 7.51. The molecule has 0 bridgehead atoms. The highest BCUT2D eigenvalue weighted by molar-refractivity contribution is 7.14. The second-order valence-corrected chi connectivity index (χ2v) is 6.44. The van der Waals surface area contributed by atoms with E-state index in [1.54, 1.807) is 15.9 Å². The molecule has 2 rings (SSSR count). The van der Waals surface area contributed by atoms with E-state index >= 15 is 0 Å². The van der Waals surface area contributed by atoms with Crippen LogP contribution in [0, 0.1) is 5.92 Å². The highest BCUT2D eigenvalue weighted by atomic mass is 32.1. The lowest BCUT2D eigenvalue weighted by Gasteiger charge is -2.06. The number of aryl methyl sites for hydroxylation is 1. The zero-order valence-electron chi connectivity index (χ0n) is 12.9. The lowest BCUT2D eigenvalue weighted by atomic mass is 10.2. The lowest BCUT2D eigenvalue weighted by molar-refractivity contribution is 0.614. The summed E-state index contributed by atoms with van der Waals surface area (Å²) in [5.41, 5.74) is 1.50. The van der Waals surface area contributed by atoms with E-state index in [4.69, 9.17) is 0 Å². The Morgan fingerprint density at radius 3 is 2.95 bits per heavy atom. The van der Waals surface area contributed by atoms with Gasteiger partial charge >= 0.3 is 0 Å². The fourth-order valence-electron chi connectivity index (χ4n) is 2.01. The first-order valence-corrected chi connectivity index (χ1v) is 8.39. The zero-order valence-corrected chi connectivity index (χ0v) is 13.7. The van der Waals surface area contributed by atoms with E-state index in [1.807, 2.05) is 23.7 Å². The predicted octanol–water partition coefficient (Wildman–Crippen LogP) is 3.84. The molecule has 0 saturated heterocycles. The van der Waals surface area contributed by atoms with Gasteiger partial charge in [0, 0.05) is 24.7 Å². The molecule has 0 spiro atoms. The standard InChI is InChI=1S/C16H23N3OS/c1-4-5-8-19-9-6-7-13(15(19)20)14-11-21-16(18-14)17-10-12(2)3/h6-7,9,11-12H,4-5,8,10H2,1-3H3,(H,17,18). The molecular formula is C16H23N3OS. The smallest absolute Gasteiger partial charge is 0.260 e. The number of anilines is 1. The molecule has 21 heavy (non-hydrogen) atoms. The third kappa shape index (κ3) is 4.17. The maximum atomic E-state index is 12.5. The van der Waals surface area contributed by atoms with Gasteiger partial charge < -0.3 is 9.88 Å². The van der Waals surface area contributed by atoms with Crippen LogP contribution < -0.4 is 10.9 Å². The van der Waals surface area contributed by atoms with Gasteiger partial charge in [0.2, 0.25) is 0 Å². The van der Waals surface area contributed by atoms with Gasteiger partial charge in [0.15, 0.2) is 5.13 Å². The molecule has 5 heteroatoms. The maximum Gasteiger partial charge on any atom is 0.260 e. The van der Waals surface area contributed by atoms with Crippen LogP contribution in [0.1, 0.15) is 33.6 Å². The van der Waals surface area contributed by atoms with Crippen molar-refractivity contribution in [2.24, 2.45) is 5.92 Å². The molecule has 0 aromatic carbocycles. The minimum Gasteiger partial charge on any atom is -0.361 e. The van der Waals surface area contributed by atoms with Crippen molar-refractivity contribution in [1.82, 2.24) is 9.55 Å². The SMILES string of the molecule is CCCCn1cccc(-c2csc(NCC(C)C)n2)c1=O. The van der Waals surface area contributed by atoms with E-state index in [0.717, 1.165) is 36.8 Å². The van der Waals surface area contributed by atoms with E-state index in [-0.39, 0.29) is 5.56 Å². The van der Waals surface area contributed by atoms with Gasteiger partial charge in [0.1, 0.15) is 0 Å². The molecule has 0 saturated carbocycles. The van der Waals surface area contributed by atoms with Crippen LogP contribution in [0.5, 0.6) is 0 Å². The summed E-state index contributed by atoms with van der Waals surface area (Å²) in [6, 6.07) is 3.78. The highest BCUT2D eigenvalue weighted by Gasteiger charge is 2.10. The van der Waals surface area contributed by atoms with Crippen molar-refractivity contribution in [2.45, 2.75) is 40.2 Å². The van der Waals surface area contributed by atoms with Crippen molar-refractivity contribution in [2.75, 3.05) is 11.9 Å². The normalized spacial score (nSPS) is 11.0. The molecule has 0 aliphatic rings. The monoisotopic (exact) mass is 305 g/mol. The molecule has 2 aromatic heterocycles. The first kappa shape index (κ1) is 15.8. The van der Waals surface area contributed by atoms with Crippen LogP contribution >= 0.6 is 11.3 Å². The first-order chi connectivity index (χ1) is 10.1. The quantitative estimate of drug-likeness (QED) is 0.845. The average Bonchev–Trinajstić information content (AvgIpc) is 2.93. The topological polar surface area (TPSA) is 46.9 Å². The van der Waals surface area contributed by atoms with Gasteiger partial charge in [-0.25, -0.2) is 4.98 Å². The predicted molar refractivity (Wildman–Crippen MR) is 90.0 cm³/mol. The minimum absolute atomic E-state index is 0.0478. The van der Waals surface area contributed by atoms with E-state index in [0.29, 0.717) is 11.5 Å². The Kier molecular flexibility index (Phi) is 5.56. The van der Waals surface area contributed by atoms with Crippen LogP contribution in [-0.4, -0.2) is 16.1 Å². The molecule has 0 atom stereocenters. The molecule has 1 N–H and O–H groups in total. The van der Waals surface area contributed by atoms with Gasteiger partial charge in [-0.2, -0.15) is 0 Å². The molecule has 0 radical (unpaired) electrons. The molecule has 0 amide bonds. The number of hydrogen-bond donors (Lipinski definition) is 1. The van der Waals surface area contributed by atoms with Gasteiger partial charge in [-0.1, -0.05) is 27.2 Å². The van der Waals surface area contributed by atoms with Gasteiger partial charge in [-0.05, 0) is 24.5 Å². The van der Waals surface area contributed by atoms with Crippen molar-refractivity contribution < 1.29 is 0 Å². The van der Waals surface area contributed by atoms with Gasteiger partial charge in [0.05, 0.1) is 11.3 Å². The number of aromatic nitrogens is 2. The van der Waals surface area contributed by atoms with Gasteiger partial charge in [-0.15, -0.1) is 11.3 Å². The number of rotatable bonds is 7. The third-order valence-electron chi connectivity index (χ3n) is 3.21. The van der Waals surface area contributed by atoms with E-state index < -0.39 is 0 Å². The van der Waals surface area contributed by atoms with Crippen molar-refractivity contribution in [3.05, 3.63) is 34.1 Å². The highest BCUT2D eigenvalue weighted by Crippen LogP contribution is 2.22. The fourth-order valence-corrected chi connectivity index (χ4v) is 2.73. The largest absolute Gasteiger partial charge is 0.361 e. The molecule has 0 aliphatic carbocycles. The minimum atomic E-state index is 0.0478. The summed E-state index contributed by atoms with van der Waals surface area (Å²) >= 11 is 1.55. The van der Waals surface area contributed by atoms with E-state index in [2.05, 4.69) is 31.1 Å². The third-order valence-corrected chi connectivity index (χ3v) is 4.01. The molecule has 2 aromatic rings. The Morgan fingerprint density at radius 1 is 1.43 bits per heavy atom. The van der Waals surface area contributed by atoms with Crippen molar-refractivity contribution >= 4 is 16.5 Å². The number of nitrogens with zero attached hydrogens (tertiary/aromatic N) is 2. The van der Waals surface area contributed by atoms with Crippen molar-refractivity contribution in [3.63, 3.8) is 0 Å². The Hall–Kier alpha value is -1.62. The Balaban J connectivity index is 2.20. The van der Waals surface area contributed by atoms with E-state index in [9.17, 15) is 4.79 Å². The Bertz CT molecular complexity index is 630. The summed E-state index contributed by atoms with van der Waals surface area (Å²) in [6.45, 7) is 8.10. The lowest BCUT2D eigenvalue weighted by Crippen LogP contribution is -2.21. The molecule has 2 heterocycles. The summed E-state index contributed by atoms with van der Waals surface area (Å²) in [5.74, 6) is 0.570. The Labute approximate surface area is 129 Å². The zero-order chi connectivity index (χ0) is 15.2. The fraction of sp³-hybridized carbons (Fsp3) is 0.500. The number of pyridine rings is 1. The molecule has 4 nitrogen and oxygen atoms in total. The van der Waals surface area contributed by atoms with E-state index in [1.165, 1.54) is 0 Å². The maximum absolute atomic E-state index is 12.5. The molecule has 0 unspecified atom stereocenters. The van der Waals surface area contributed by atoms with Crippen molar-refractivity contribution in [3.8, 4) is 11.3 Å². The number of thiazole rings is 1. The van der Waals surface area contributed by atoms with Gasteiger partial charge in [-0.3, -0.25) is 4.79 Å². The molecular weight excluding hydrogens is 282 g/mol.